The fourth-order valence-corrected chi connectivity index (χ4v) is 2.75. The number of carboxylic acids is 1. The first-order chi connectivity index (χ1) is 8.12. The van der Waals surface area contributed by atoms with Gasteiger partial charge in [-0.25, -0.2) is 0 Å². The fraction of sp³-hybridized carbons (Fsp3) is 0.500. The van der Waals surface area contributed by atoms with Crippen molar-refractivity contribution < 1.29 is 9.90 Å². The molecule has 17 heavy (non-hydrogen) atoms. The van der Waals surface area contributed by atoms with E-state index >= 15 is 0 Å². The molecule has 1 aromatic carbocycles. The maximum Gasteiger partial charge on any atom is 0.314 e. The highest BCUT2D eigenvalue weighted by Gasteiger charge is 2.51. The standard InChI is InChI=1S/C14H17NO2/c1-15-8-11(9-15)10-3-2-4-12(7-10)14(5-6-14)13(16)17/h2-4,7,11H,5-6,8-9H2,1H3,(H,16,17). The molecule has 1 aromatic rings. The summed E-state index contributed by atoms with van der Waals surface area (Å²) in [6.07, 6.45) is 1.58. The van der Waals surface area contributed by atoms with E-state index in [1.807, 2.05) is 12.1 Å². The topological polar surface area (TPSA) is 40.5 Å². The van der Waals surface area contributed by atoms with E-state index in [1.54, 1.807) is 0 Å². The smallest absolute Gasteiger partial charge is 0.314 e. The number of rotatable bonds is 3. The molecule has 3 rings (SSSR count). The Kier molecular flexibility index (Phi) is 2.26. The van der Waals surface area contributed by atoms with Gasteiger partial charge in [0.15, 0.2) is 0 Å². The molecule has 1 saturated heterocycles. The van der Waals surface area contributed by atoms with Crippen molar-refractivity contribution in [2.24, 2.45) is 0 Å². The van der Waals surface area contributed by atoms with Crippen LogP contribution in [0.4, 0.5) is 0 Å². The summed E-state index contributed by atoms with van der Waals surface area (Å²) in [7, 11) is 2.11. The van der Waals surface area contributed by atoms with Crippen LogP contribution in [-0.2, 0) is 10.2 Å². The lowest BCUT2D eigenvalue weighted by atomic mass is 9.87. The molecule has 0 radical (unpaired) electrons. The van der Waals surface area contributed by atoms with Crippen molar-refractivity contribution in [3.05, 3.63) is 35.4 Å². The minimum Gasteiger partial charge on any atom is -0.481 e. The monoisotopic (exact) mass is 231 g/mol. The van der Waals surface area contributed by atoms with Gasteiger partial charge in [0, 0.05) is 19.0 Å². The second-order valence-electron chi connectivity index (χ2n) is 5.43. The second kappa shape index (κ2) is 3.57. The number of likely N-dealkylation sites (tertiary alicyclic amines) is 1. The Bertz CT molecular complexity index is 459. The number of hydrogen-bond acceptors (Lipinski definition) is 2. The number of hydrogen-bond donors (Lipinski definition) is 1. The normalized spacial score (nSPS) is 23.1. The number of nitrogens with zero attached hydrogens (tertiary/aromatic N) is 1. The molecule has 1 heterocycles. The van der Waals surface area contributed by atoms with Crippen LogP contribution in [0.15, 0.2) is 24.3 Å². The Morgan fingerprint density at radius 2 is 2.12 bits per heavy atom. The van der Waals surface area contributed by atoms with Crippen LogP contribution in [-0.4, -0.2) is 36.1 Å². The van der Waals surface area contributed by atoms with Gasteiger partial charge in [-0.1, -0.05) is 24.3 Å². The van der Waals surface area contributed by atoms with E-state index < -0.39 is 11.4 Å². The summed E-state index contributed by atoms with van der Waals surface area (Å²) >= 11 is 0. The highest BCUT2D eigenvalue weighted by Crippen LogP contribution is 2.49. The van der Waals surface area contributed by atoms with Crippen LogP contribution in [0.3, 0.4) is 0 Å². The molecule has 0 aromatic heterocycles. The molecule has 0 bridgehead atoms. The average molecular weight is 231 g/mol. The van der Waals surface area contributed by atoms with Crippen LogP contribution in [0.25, 0.3) is 0 Å². The van der Waals surface area contributed by atoms with Gasteiger partial charge in [0.05, 0.1) is 5.41 Å². The van der Waals surface area contributed by atoms with E-state index in [0.717, 1.165) is 31.5 Å². The summed E-state index contributed by atoms with van der Waals surface area (Å²) in [6, 6.07) is 8.21. The van der Waals surface area contributed by atoms with Gasteiger partial charge >= 0.3 is 5.97 Å². The number of aliphatic carboxylic acids is 1. The molecular formula is C14H17NO2. The van der Waals surface area contributed by atoms with Crippen molar-refractivity contribution in [2.45, 2.75) is 24.2 Å². The number of carboxylic acid groups (broad SMARTS) is 1. The Labute approximate surface area is 101 Å². The average Bonchev–Trinajstić information content (AvgIpc) is 3.06. The molecule has 1 aliphatic heterocycles. The van der Waals surface area contributed by atoms with Crippen LogP contribution < -0.4 is 0 Å². The largest absolute Gasteiger partial charge is 0.481 e. The van der Waals surface area contributed by atoms with Crippen LogP contribution in [0.2, 0.25) is 0 Å². The minimum absolute atomic E-state index is 0.564. The lowest BCUT2D eigenvalue weighted by Gasteiger charge is -2.36. The third-order valence-corrected chi connectivity index (χ3v) is 4.13. The lowest BCUT2D eigenvalue weighted by molar-refractivity contribution is -0.140. The molecule has 0 atom stereocenters. The Hall–Kier alpha value is -1.35. The molecule has 0 unspecified atom stereocenters. The van der Waals surface area contributed by atoms with Crippen molar-refractivity contribution >= 4 is 5.97 Å². The van der Waals surface area contributed by atoms with Crippen molar-refractivity contribution in [2.75, 3.05) is 20.1 Å². The van der Waals surface area contributed by atoms with Gasteiger partial charge in [-0.15, -0.1) is 0 Å². The fourth-order valence-electron chi connectivity index (χ4n) is 2.75. The Morgan fingerprint density at radius 1 is 1.41 bits per heavy atom. The number of likely N-dealkylation sites (N-methyl/N-ethyl adjacent to an activating group) is 1. The second-order valence-corrected chi connectivity index (χ2v) is 5.43. The molecule has 2 aliphatic rings. The number of carbonyl (C=O) groups is 1. The van der Waals surface area contributed by atoms with Gasteiger partial charge in [0.25, 0.3) is 0 Å². The summed E-state index contributed by atoms with van der Waals surface area (Å²) in [5, 5.41) is 9.29. The van der Waals surface area contributed by atoms with E-state index in [1.165, 1.54) is 5.56 Å². The maximum atomic E-state index is 11.3. The van der Waals surface area contributed by atoms with E-state index in [2.05, 4.69) is 24.1 Å². The molecular weight excluding hydrogens is 214 g/mol. The summed E-state index contributed by atoms with van der Waals surface area (Å²) in [4.78, 5) is 13.6. The summed E-state index contributed by atoms with van der Waals surface area (Å²) in [6.45, 7) is 2.17. The first kappa shape index (κ1) is 10.8. The van der Waals surface area contributed by atoms with E-state index in [9.17, 15) is 9.90 Å². The van der Waals surface area contributed by atoms with Gasteiger partial charge < -0.3 is 10.0 Å². The number of benzene rings is 1. The zero-order valence-electron chi connectivity index (χ0n) is 10.0. The van der Waals surface area contributed by atoms with Crippen molar-refractivity contribution in [3.63, 3.8) is 0 Å². The predicted molar refractivity (Wildman–Crippen MR) is 65.2 cm³/mol. The lowest BCUT2D eigenvalue weighted by Crippen LogP contribution is -2.41. The zero-order chi connectivity index (χ0) is 12.0. The van der Waals surface area contributed by atoms with Gasteiger partial charge in [0.2, 0.25) is 0 Å². The summed E-state index contributed by atoms with van der Waals surface area (Å²) in [5.74, 6) is -0.0788. The summed E-state index contributed by atoms with van der Waals surface area (Å²) < 4.78 is 0. The third-order valence-electron chi connectivity index (χ3n) is 4.13. The Morgan fingerprint density at radius 3 is 2.65 bits per heavy atom. The van der Waals surface area contributed by atoms with Crippen LogP contribution in [0.5, 0.6) is 0 Å². The highest BCUT2D eigenvalue weighted by molar-refractivity contribution is 5.84. The van der Waals surface area contributed by atoms with E-state index in [4.69, 9.17) is 0 Å². The molecule has 1 N–H and O–H groups in total. The van der Waals surface area contributed by atoms with Crippen molar-refractivity contribution in [1.82, 2.24) is 4.90 Å². The van der Waals surface area contributed by atoms with Crippen LogP contribution in [0, 0.1) is 0 Å². The van der Waals surface area contributed by atoms with Crippen LogP contribution >= 0.6 is 0 Å². The first-order valence-electron chi connectivity index (χ1n) is 6.14. The van der Waals surface area contributed by atoms with Gasteiger partial charge in [0.1, 0.15) is 0 Å². The van der Waals surface area contributed by atoms with Gasteiger partial charge in [-0.3, -0.25) is 4.79 Å². The van der Waals surface area contributed by atoms with Gasteiger partial charge in [-0.2, -0.15) is 0 Å². The predicted octanol–water partition coefficient (Wildman–Crippen LogP) is 1.83. The quantitative estimate of drug-likeness (QED) is 0.862. The maximum absolute atomic E-state index is 11.3. The first-order valence-corrected chi connectivity index (χ1v) is 6.14. The van der Waals surface area contributed by atoms with E-state index in [-0.39, 0.29) is 0 Å². The highest BCUT2D eigenvalue weighted by atomic mass is 16.4. The summed E-state index contributed by atoms with van der Waals surface area (Å²) in [5.41, 5.74) is 1.73. The SMILES string of the molecule is CN1CC(c2cccc(C3(C(=O)O)CC3)c2)C1. The van der Waals surface area contributed by atoms with Crippen LogP contribution in [0.1, 0.15) is 29.9 Å². The third kappa shape index (κ3) is 1.65. The van der Waals surface area contributed by atoms with E-state index in [0.29, 0.717) is 5.92 Å². The molecule has 0 spiro atoms. The van der Waals surface area contributed by atoms with Crippen molar-refractivity contribution in [1.29, 1.82) is 0 Å². The molecule has 2 fully saturated rings. The molecule has 0 amide bonds. The molecule has 90 valence electrons. The molecule has 3 heteroatoms. The Balaban J connectivity index is 1.87. The molecule has 3 nitrogen and oxygen atoms in total. The molecule has 1 saturated carbocycles. The van der Waals surface area contributed by atoms with Gasteiger partial charge in [-0.05, 0) is 31.0 Å². The minimum atomic E-state index is -0.666. The van der Waals surface area contributed by atoms with Crippen molar-refractivity contribution in [3.8, 4) is 0 Å². The zero-order valence-corrected chi connectivity index (χ0v) is 10.0. The molecule has 1 aliphatic carbocycles.